The third-order valence-electron chi connectivity index (χ3n) is 7.24. The minimum absolute atomic E-state index is 0.00313. The van der Waals surface area contributed by atoms with E-state index in [0.29, 0.717) is 67.2 Å². The third-order valence-corrected chi connectivity index (χ3v) is 7.54. The lowest BCUT2D eigenvalue weighted by atomic mass is 9.74. The van der Waals surface area contributed by atoms with Gasteiger partial charge in [0.25, 0.3) is 0 Å². The van der Waals surface area contributed by atoms with Crippen LogP contribution in [0.15, 0.2) is 36.5 Å². The molecule has 0 bridgehead atoms. The zero-order valence-corrected chi connectivity index (χ0v) is 21.3. The molecule has 2 aromatic carbocycles. The number of piperidine rings is 1. The zero-order valence-electron chi connectivity index (χ0n) is 20.5. The highest BCUT2D eigenvalue weighted by atomic mass is 35.5. The fourth-order valence-corrected chi connectivity index (χ4v) is 5.14. The van der Waals surface area contributed by atoms with Crippen LogP contribution in [0.4, 0.5) is 13.2 Å². The molecule has 2 N–H and O–H groups in total. The first kappa shape index (κ1) is 27.4. The number of aliphatic hydroxyl groups excluding tert-OH is 2. The van der Waals surface area contributed by atoms with Gasteiger partial charge < -0.3 is 19.7 Å². The Balaban J connectivity index is 1.32. The van der Waals surface area contributed by atoms with Crippen LogP contribution in [0.3, 0.4) is 0 Å². The Morgan fingerprint density at radius 1 is 1.11 bits per heavy atom. The van der Waals surface area contributed by atoms with Gasteiger partial charge in [-0.25, -0.2) is 13.2 Å². The van der Waals surface area contributed by atoms with E-state index in [9.17, 15) is 23.4 Å². The summed E-state index contributed by atoms with van der Waals surface area (Å²) in [5, 5.41) is 22.4. The quantitative estimate of drug-likeness (QED) is 0.342. The molecule has 37 heavy (non-hydrogen) atoms. The molecule has 0 aliphatic carbocycles. The van der Waals surface area contributed by atoms with E-state index in [2.05, 4.69) is 9.88 Å². The van der Waals surface area contributed by atoms with Crippen LogP contribution < -0.4 is 9.47 Å². The summed E-state index contributed by atoms with van der Waals surface area (Å²) in [4.78, 5) is 6.47. The minimum atomic E-state index is -1.52. The van der Waals surface area contributed by atoms with E-state index < -0.39 is 23.6 Å². The first-order valence-corrected chi connectivity index (χ1v) is 12.5. The SMILES string of the molecule is COc1ccc2ncc(Cl)c([C@H](O)CCC3(CO)CCN(CCOc4cc(F)c(F)c(F)c4)CC3)c2c1. The van der Waals surface area contributed by atoms with Crippen molar-refractivity contribution >= 4 is 22.5 Å². The van der Waals surface area contributed by atoms with Crippen molar-refractivity contribution in [3.63, 3.8) is 0 Å². The molecule has 3 aromatic rings. The van der Waals surface area contributed by atoms with Gasteiger partial charge in [0, 0.05) is 42.4 Å². The van der Waals surface area contributed by atoms with Crippen LogP contribution in [-0.2, 0) is 0 Å². The number of rotatable bonds is 10. The second-order valence-corrected chi connectivity index (χ2v) is 9.91. The van der Waals surface area contributed by atoms with Crippen molar-refractivity contribution in [2.75, 3.05) is 40.0 Å². The van der Waals surface area contributed by atoms with Crippen LogP contribution in [0.1, 0.15) is 37.4 Å². The van der Waals surface area contributed by atoms with Gasteiger partial charge in [-0.3, -0.25) is 9.88 Å². The molecule has 1 fully saturated rings. The summed E-state index contributed by atoms with van der Waals surface area (Å²) in [7, 11) is 1.57. The molecule has 10 heteroatoms. The van der Waals surface area contributed by atoms with Gasteiger partial charge in [-0.1, -0.05) is 11.6 Å². The fourth-order valence-electron chi connectivity index (χ4n) is 4.87. The molecular weight excluding hydrogens is 509 g/mol. The van der Waals surface area contributed by atoms with Crippen LogP contribution >= 0.6 is 11.6 Å². The summed E-state index contributed by atoms with van der Waals surface area (Å²) in [6, 6.07) is 7.08. The Labute approximate surface area is 218 Å². The molecule has 2 heterocycles. The number of methoxy groups -OCH3 is 1. The molecule has 6 nitrogen and oxygen atoms in total. The second-order valence-electron chi connectivity index (χ2n) is 9.51. The van der Waals surface area contributed by atoms with Gasteiger partial charge in [-0.15, -0.1) is 0 Å². The first-order valence-electron chi connectivity index (χ1n) is 12.2. The molecule has 0 spiro atoms. The van der Waals surface area contributed by atoms with Gasteiger partial charge in [0.05, 0.1) is 23.8 Å². The second kappa shape index (κ2) is 11.9. The molecule has 1 saturated heterocycles. The maximum atomic E-state index is 13.4. The zero-order chi connectivity index (χ0) is 26.6. The lowest BCUT2D eigenvalue weighted by Gasteiger charge is -2.41. The molecule has 0 saturated carbocycles. The third kappa shape index (κ3) is 6.29. The van der Waals surface area contributed by atoms with E-state index in [1.807, 2.05) is 12.1 Å². The van der Waals surface area contributed by atoms with Crippen molar-refractivity contribution in [1.82, 2.24) is 9.88 Å². The van der Waals surface area contributed by atoms with Crippen molar-refractivity contribution < 1.29 is 32.9 Å². The summed E-state index contributed by atoms with van der Waals surface area (Å²) in [5.41, 5.74) is 0.967. The number of nitrogens with zero attached hydrogens (tertiary/aromatic N) is 2. The Bertz CT molecular complexity index is 1210. The molecule has 1 atom stereocenters. The molecule has 0 radical (unpaired) electrons. The lowest BCUT2D eigenvalue weighted by molar-refractivity contribution is 0.0205. The topological polar surface area (TPSA) is 75.0 Å². The van der Waals surface area contributed by atoms with Crippen molar-refractivity contribution in [2.45, 2.75) is 31.8 Å². The highest BCUT2D eigenvalue weighted by Crippen LogP contribution is 2.40. The number of benzene rings is 2. The molecule has 200 valence electrons. The van der Waals surface area contributed by atoms with Gasteiger partial charge in [0.2, 0.25) is 0 Å². The smallest absolute Gasteiger partial charge is 0.194 e. The van der Waals surface area contributed by atoms with E-state index in [-0.39, 0.29) is 24.4 Å². The molecule has 0 amide bonds. The van der Waals surface area contributed by atoms with Gasteiger partial charge in [-0.05, 0) is 62.4 Å². The van der Waals surface area contributed by atoms with Gasteiger partial charge in [-0.2, -0.15) is 0 Å². The van der Waals surface area contributed by atoms with E-state index >= 15 is 0 Å². The number of hydrogen-bond donors (Lipinski definition) is 2. The van der Waals surface area contributed by atoms with Gasteiger partial charge in [0.15, 0.2) is 17.5 Å². The predicted octanol–water partition coefficient (Wildman–Crippen LogP) is 5.28. The van der Waals surface area contributed by atoms with E-state index in [0.717, 1.165) is 17.5 Å². The number of hydrogen-bond acceptors (Lipinski definition) is 6. The van der Waals surface area contributed by atoms with Crippen molar-refractivity contribution in [2.24, 2.45) is 5.41 Å². The Morgan fingerprint density at radius 3 is 2.46 bits per heavy atom. The molecule has 1 aromatic heterocycles. The standard InChI is InChI=1S/C27H30ClF3N2O4/c1-36-17-2-3-23-19(12-17)25(20(28)15-32-23)24(35)4-5-27(16-34)6-8-33(9-7-27)10-11-37-18-13-21(29)26(31)22(30)14-18/h2-3,12-15,24,34-35H,4-11,16H2,1H3/t24-/m1/s1. The number of likely N-dealkylation sites (tertiary alicyclic amines) is 1. The Hall–Kier alpha value is -2.59. The Morgan fingerprint density at radius 2 is 1.81 bits per heavy atom. The first-order chi connectivity index (χ1) is 17.7. The number of fused-ring (bicyclic) bond motifs is 1. The highest BCUT2D eigenvalue weighted by molar-refractivity contribution is 6.32. The van der Waals surface area contributed by atoms with Crippen molar-refractivity contribution in [1.29, 1.82) is 0 Å². The number of halogens is 4. The molecule has 1 aliphatic rings. The summed E-state index contributed by atoms with van der Waals surface area (Å²) >= 11 is 6.43. The molecular formula is C27H30ClF3N2O4. The van der Waals surface area contributed by atoms with Crippen LogP contribution in [0.5, 0.6) is 11.5 Å². The Kier molecular flexibility index (Phi) is 8.79. The normalized spacial score (nSPS) is 16.6. The van der Waals surface area contributed by atoms with Crippen LogP contribution in [0, 0.1) is 22.9 Å². The van der Waals surface area contributed by atoms with Gasteiger partial charge in [0.1, 0.15) is 18.1 Å². The van der Waals surface area contributed by atoms with Gasteiger partial charge >= 0.3 is 0 Å². The van der Waals surface area contributed by atoms with Crippen LogP contribution in [0.25, 0.3) is 10.9 Å². The minimum Gasteiger partial charge on any atom is -0.497 e. The maximum absolute atomic E-state index is 13.4. The van der Waals surface area contributed by atoms with Crippen LogP contribution in [-0.4, -0.2) is 60.1 Å². The summed E-state index contributed by atoms with van der Waals surface area (Å²) in [5.74, 6) is -3.52. The number of pyridine rings is 1. The average molecular weight is 539 g/mol. The van der Waals surface area contributed by atoms with Crippen molar-refractivity contribution in [3.8, 4) is 11.5 Å². The highest BCUT2D eigenvalue weighted by Gasteiger charge is 2.34. The summed E-state index contributed by atoms with van der Waals surface area (Å²) in [6.07, 6.45) is 3.15. The number of aromatic nitrogens is 1. The number of aliphatic hydroxyl groups is 2. The molecule has 4 rings (SSSR count). The fraction of sp³-hybridized carbons (Fsp3) is 0.444. The average Bonchev–Trinajstić information content (AvgIpc) is 2.90. The lowest BCUT2D eigenvalue weighted by Crippen LogP contribution is -2.43. The number of ether oxygens (including phenoxy) is 2. The van der Waals surface area contributed by atoms with E-state index in [1.165, 1.54) is 6.20 Å². The largest absolute Gasteiger partial charge is 0.497 e. The summed E-state index contributed by atoms with van der Waals surface area (Å²) < 4.78 is 50.5. The molecule has 0 unspecified atom stereocenters. The predicted molar refractivity (Wildman–Crippen MR) is 135 cm³/mol. The van der Waals surface area contributed by atoms with E-state index in [4.69, 9.17) is 21.1 Å². The molecule has 1 aliphatic heterocycles. The summed E-state index contributed by atoms with van der Waals surface area (Å²) in [6.45, 7) is 2.10. The monoisotopic (exact) mass is 538 g/mol. The van der Waals surface area contributed by atoms with E-state index in [1.54, 1.807) is 13.2 Å². The maximum Gasteiger partial charge on any atom is 0.194 e. The van der Waals surface area contributed by atoms with Crippen LogP contribution in [0.2, 0.25) is 5.02 Å². The van der Waals surface area contributed by atoms with Crippen molar-refractivity contribution in [3.05, 3.63) is 64.6 Å².